The molecule has 0 saturated heterocycles. The Balaban J connectivity index is 2.43. The highest BCUT2D eigenvalue weighted by atomic mass is 16.5. The van der Waals surface area contributed by atoms with E-state index in [9.17, 15) is 9.59 Å². The maximum Gasteiger partial charge on any atom is 0.291 e. The summed E-state index contributed by atoms with van der Waals surface area (Å²) in [5, 5.41) is 11.6. The zero-order valence-corrected chi connectivity index (χ0v) is 12.2. The van der Waals surface area contributed by atoms with E-state index in [-0.39, 0.29) is 23.7 Å². The molecule has 0 aliphatic heterocycles. The van der Waals surface area contributed by atoms with E-state index in [1.54, 1.807) is 7.11 Å². The quantitative estimate of drug-likeness (QED) is 0.615. The molecule has 1 aromatic heterocycles. The van der Waals surface area contributed by atoms with Crippen molar-refractivity contribution in [3.63, 3.8) is 0 Å². The summed E-state index contributed by atoms with van der Waals surface area (Å²) in [6, 6.07) is 0. The lowest BCUT2D eigenvalue weighted by Gasteiger charge is -2.12. The van der Waals surface area contributed by atoms with Crippen LogP contribution >= 0.6 is 0 Å². The number of nitrogens with zero attached hydrogens (tertiary/aromatic N) is 2. The first-order chi connectivity index (χ1) is 9.34. The minimum absolute atomic E-state index is 0.0274. The lowest BCUT2D eigenvalue weighted by atomic mass is 9.96. The molecular formula is C12H21N5O3. The first-order valence-electron chi connectivity index (χ1n) is 6.31. The van der Waals surface area contributed by atoms with Gasteiger partial charge in [-0.25, -0.2) is 4.98 Å². The molecule has 0 saturated carbocycles. The Hall–Kier alpha value is -1.96. The predicted molar refractivity (Wildman–Crippen MR) is 72.3 cm³/mol. The predicted octanol–water partition coefficient (Wildman–Crippen LogP) is -0.405. The zero-order valence-electron chi connectivity index (χ0n) is 12.2. The Morgan fingerprint density at radius 3 is 2.55 bits per heavy atom. The molecule has 2 amide bonds. The monoisotopic (exact) mass is 283 g/mol. The van der Waals surface area contributed by atoms with Gasteiger partial charge in [0.25, 0.3) is 5.91 Å². The van der Waals surface area contributed by atoms with Gasteiger partial charge in [-0.1, -0.05) is 20.8 Å². The van der Waals surface area contributed by atoms with Crippen LogP contribution in [0.4, 0.5) is 0 Å². The molecule has 8 heteroatoms. The lowest BCUT2D eigenvalue weighted by Crippen LogP contribution is -2.38. The number of carbonyl (C=O) groups excluding carboxylic acids is 2. The van der Waals surface area contributed by atoms with Crippen molar-refractivity contribution in [1.29, 1.82) is 0 Å². The maximum absolute atomic E-state index is 11.8. The summed E-state index contributed by atoms with van der Waals surface area (Å²) >= 11 is 0. The molecule has 0 aliphatic carbocycles. The van der Waals surface area contributed by atoms with Crippen LogP contribution < -0.4 is 10.6 Å². The van der Waals surface area contributed by atoms with Crippen molar-refractivity contribution in [3.8, 4) is 0 Å². The summed E-state index contributed by atoms with van der Waals surface area (Å²) in [4.78, 5) is 27.3. The van der Waals surface area contributed by atoms with E-state index in [0.717, 1.165) is 0 Å². The summed E-state index contributed by atoms with van der Waals surface area (Å²) < 4.78 is 4.80. The lowest BCUT2D eigenvalue weighted by molar-refractivity contribution is -0.120. The van der Waals surface area contributed by atoms with Crippen LogP contribution in [0.3, 0.4) is 0 Å². The molecule has 1 heterocycles. The van der Waals surface area contributed by atoms with Crippen molar-refractivity contribution < 1.29 is 14.3 Å². The number of rotatable bonds is 6. The van der Waals surface area contributed by atoms with Crippen LogP contribution in [0.25, 0.3) is 0 Å². The third kappa shape index (κ3) is 4.96. The molecule has 1 aromatic rings. The first-order valence-corrected chi connectivity index (χ1v) is 6.31. The van der Waals surface area contributed by atoms with Gasteiger partial charge in [0.15, 0.2) is 0 Å². The van der Waals surface area contributed by atoms with E-state index in [1.807, 2.05) is 20.8 Å². The Labute approximate surface area is 117 Å². The number of nitrogens with one attached hydrogen (secondary N) is 3. The summed E-state index contributed by atoms with van der Waals surface area (Å²) in [6.07, 6.45) is 0. The number of hydrogen-bond acceptors (Lipinski definition) is 5. The van der Waals surface area contributed by atoms with Crippen LogP contribution in [0.5, 0.6) is 0 Å². The smallest absolute Gasteiger partial charge is 0.291 e. The fourth-order valence-electron chi connectivity index (χ4n) is 1.29. The molecule has 0 aliphatic rings. The molecule has 1 rings (SSSR count). The van der Waals surface area contributed by atoms with Crippen LogP contribution in [-0.4, -0.2) is 53.8 Å². The number of ether oxygens (including phenoxy) is 1. The number of carbonyl (C=O) groups is 2. The largest absolute Gasteiger partial charge is 0.383 e. The average Bonchev–Trinajstić information content (AvgIpc) is 2.85. The van der Waals surface area contributed by atoms with Gasteiger partial charge in [-0.05, 0) is 0 Å². The fourth-order valence-corrected chi connectivity index (χ4v) is 1.29. The van der Waals surface area contributed by atoms with Gasteiger partial charge in [0.05, 0.1) is 13.2 Å². The maximum atomic E-state index is 11.8. The number of H-pyrrole nitrogens is 1. The average molecular weight is 283 g/mol. The summed E-state index contributed by atoms with van der Waals surface area (Å²) in [5.74, 6) is -0.132. The van der Waals surface area contributed by atoms with Gasteiger partial charge in [0.1, 0.15) is 5.82 Å². The molecule has 112 valence electrons. The summed E-state index contributed by atoms with van der Waals surface area (Å²) in [5.41, 5.74) is -0.219. The van der Waals surface area contributed by atoms with E-state index in [0.29, 0.717) is 19.0 Å². The van der Waals surface area contributed by atoms with E-state index in [4.69, 9.17) is 4.74 Å². The van der Waals surface area contributed by atoms with Gasteiger partial charge < -0.3 is 15.4 Å². The van der Waals surface area contributed by atoms with Gasteiger partial charge in [-0.2, -0.15) is 0 Å². The molecule has 0 unspecified atom stereocenters. The summed E-state index contributed by atoms with van der Waals surface area (Å²) in [7, 11) is 1.55. The van der Waals surface area contributed by atoms with E-state index >= 15 is 0 Å². The van der Waals surface area contributed by atoms with Crippen molar-refractivity contribution in [2.45, 2.75) is 26.2 Å². The SMILES string of the molecule is COCCNC(=O)CNC(=O)c1n[nH]c(C(C)(C)C)n1. The van der Waals surface area contributed by atoms with Gasteiger partial charge in [0.2, 0.25) is 11.7 Å². The van der Waals surface area contributed by atoms with Gasteiger partial charge in [-0.3, -0.25) is 14.7 Å². The van der Waals surface area contributed by atoms with Crippen LogP contribution in [-0.2, 0) is 14.9 Å². The number of amides is 2. The van der Waals surface area contributed by atoms with Crippen LogP contribution in [0, 0.1) is 0 Å². The number of hydrogen-bond donors (Lipinski definition) is 3. The van der Waals surface area contributed by atoms with Gasteiger partial charge in [0, 0.05) is 19.1 Å². The second-order valence-electron chi connectivity index (χ2n) is 5.28. The molecule has 0 fully saturated rings. The molecule has 0 spiro atoms. The third-order valence-electron chi connectivity index (χ3n) is 2.44. The number of methoxy groups -OCH3 is 1. The Morgan fingerprint density at radius 2 is 2.00 bits per heavy atom. The number of aromatic amines is 1. The molecule has 0 bridgehead atoms. The highest BCUT2D eigenvalue weighted by Gasteiger charge is 2.21. The highest BCUT2D eigenvalue weighted by molar-refractivity contribution is 5.93. The molecule has 0 radical (unpaired) electrons. The topological polar surface area (TPSA) is 109 Å². The van der Waals surface area contributed by atoms with Crippen molar-refractivity contribution in [3.05, 3.63) is 11.6 Å². The molecular weight excluding hydrogens is 262 g/mol. The fraction of sp³-hybridized carbons (Fsp3) is 0.667. The van der Waals surface area contributed by atoms with Crippen molar-refractivity contribution >= 4 is 11.8 Å². The Kier molecular flexibility index (Phi) is 5.63. The summed E-state index contributed by atoms with van der Waals surface area (Å²) in [6.45, 7) is 6.58. The molecule has 0 atom stereocenters. The minimum Gasteiger partial charge on any atom is -0.383 e. The van der Waals surface area contributed by atoms with Crippen molar-refractivity contribution in [2.75, 3.05) is 26.8 Å². The Morgan fingerprint density at radius 1 is 1.30 bits per heavy atom. The van der Waals surface area contributed by atoms with Gasteiger partial charge >= 0.3 is 0 Å². The third-order valence-corrected chi connectivity index (χ3v) is 2.44. The highest BCUT2D eigenvalue weighted by Crippen LogP contribution is 2.17. The van der Waals surface area contributed by atoms with Crippen LogP contribution in [0.15, 0.2) is 0 Å². The zero-order chi connectivity index (χ0) is 15.2. The van der Waals surface area contributed by atoms with Crippen LogP contribution in [0.2, 0.25) is 0 Å². The van der Waals surface area contributed by atoms with Crippen molar-refractivity contribution in [2.24, 2.45) is 0 Å². The normalized spacial score (nSPS) is 11.2. The Bertz CT molecular complexity index is 464. The van der Waals surface area contributed by atoms with E-state index < -0.39 is 5.91 Å². The molecule has 8 nitrogen and oxygen atoms in total. The van der Waals surface area contributed by atoms with Gasteiger partial charge in [-0.15, -0.1) is 5.10 Å². The second-order valence-corrected chi connectivity index (χ2v) is 5.28. The van der Waals surface area contributed by atoms with E-state index in [1.165, 1.54) is 0 Å². The first kappa shape index (κ1) is 16.1. The van der Waals surface area contributed by atoms with Crippen molar-refractivity contribution in [1.82, 2.24) is 25.8 Å². The molecule has 3 N–H and O–H groups in total. The second kappa shape index (κ2) is 6.99. The minimum atomic E-state index is -0.487. The number of aromatic nitrogens is 3. The van der Waals surface area contributed by atoms with Crippen LogP contribution in [0.1, 0.15) is 37.2 Å². The molecule has 20 heavy (non-hydrogen) atoms. The van der Waals surface area contributed by atoms with E-state index in [2.05, 4.69) is 25.8 Å². The molecule has 0 aromatic carbocycles. The standard InChI is InChI=1S/C12H21N5O3/c1-12(2,3)11-15-9(16-17-11)10(19)14-7-8(18)13-5-6-20-4/h5-7H2,1-4H3,(H,13,18)(H,14,19)(H,15,16,17).